The van der Waals surface area contributed by atoms with Crippen molar-refractivity contribution in [1.29, 1.82) is 0 Å². The molecular weight excluding hydrogens is 208 g/mol. The molecule has 88 valence electrons. The van der Waals surface area contributed by atoms with Crippen molar-refractivity contribution in [2.24, 2.45) is 0 Å². The number of rotatable bonds is 4. The third kappa shape index (κ3) is 3.28. The van der Waals surface area contributed by atoms with Gasteiger partial charge in [-0.25, -0.2) is 9.89 Å². The number of aromatic amines is 1. The topological polar surface area (TPSA) is 85.9 Å². The van der Waals surface area contributed by atoms with Crippen LogP contribution < -0.4 is 16.3 Å². The smallest absolute Gasteiger partial charge is 0.363 e. The van der Waals surface area contributed by atoms with Crippen LogP contribution in [0.1, 0.15) is 0 Å². The molecule has 0 unspecified atom stereocenters. The molecule has 2 heterocycles. The van der Waals surface area contributed by atoms with Crippen LogP contribution in [0.2, 0.25) is 0 Å². The summed E-state index contributed by atoms with van der Waals surface area (Å²) in [7, 11) is 0. The van der Waals surface area contributed by atoms with Crippen molar-refractivity contribution < 1.29 is 0 Å². The molecule has 0 saturated carbocycles. The van der Waals surface area contributed by atoms with Gasteiger partial charge in [0.1, 0.15) is 0 Å². The van der Waals surface area contributed by atoms with E-state index in [-0.39, 0.29) is 0 Å². The van der Waals surface area contributed by atoms with Crippen molar-refractivity contribution in [2.45, 2.75) is 0 Å². The maximum Gasteiger partial charge on any atom is 0.363 e. The zero-order valence-electron chi connectivity index (χ0n) is 9.07. The van der Waals surface area contributed by atoms with Gasteiger partial charge < -0.3 is 10.6 Å². The van der Waals surface area contributed by atoms with Gasteiger partial charge in [0.05, 0.1) is 6.20 Å². The Bertz CT molecular complexity index is 372. The number of nitrogens with one attached hydrogen (secondary N) is 3. The fourth-order valence-electron chi connectivity index (χ4n) is 1.67. The van der Waals surface area contributed by atoms with E-state index in [9.17, 15) is 4.79 Å². The van der Waals surface area contributed by atoms with Gasteiger partial charge in [-0.15, -0.1) is 0 Å². The van der Waals surface area contributed by atoms with Crippen LogP contribution in [0.4, 0.5) is 5.82 Å². The SMILES string of the molecule is O=c1nc(NCCN2CCNCC2)cn[nH]1. The normalized spacial score (nSPS) is 17.2. The Balaban J connectivity index is 1.73. The number of hydrogen-bond acceptors (Lipinski definition) is 6. The van der Waals surface area contributed by atoms with Crippen LogP contribution in [0.15, 0.2) is 11.0 Å². The van der Waals surface area contributed by atoms with E-state index in [4.69, 9.17) is 0 Å². The summed E-state index contributed by atoms with van der Waals surface area (Å²) in [5.74, 6) is 0.527. The van der Waals surface area contributed by atoms with E-state index in [0.717, 1.165) is 39.3 Å². The Hall–Kier alpha value is -1.47. The number of nitrogens with zero attached hydrogens (tertiary/aromatic N) is 3. The zero-order chi connectivity index (χ0) is 11.2. The fraction of sp³-hybridized carbons (Fsp3) is 0.667. The summed E-state index contributed by atoms with van der Waals surface area (Å²) in [6.07, 6.45) is 1.51. The maximum absolute atomic E-state index is 10.9. The van der Waals surface area contributed by atoms with Crippen LogP contribution in [0.3, 0.4) is 0 Å². The average molecular weight is 224 g/mol. The highest BCUT2D eigenvalue weighted by molar-refractivity contribution is 5.28. The highest BCUT2D eigenvalue weighted by atomic mass is 16.1. The zero-order valence-corrected chi connectivity index (χ0v) is 9.07. The van der Waals surface area contributed by atoms with Gasteiger partial charge in [0, 0.05) is 39.3 Å². The molecule has 0 aliphatic carbocycles. The second-order valence-electron chi connectivity index (χ2n) is 3.69. The van der Waals surface area contributed by atoms with Crippen molar-refractivity contribution in [3.05, 3.63) is 16.7 Å². The summed E-state index contributed by atoms with van der Waals surface area (Å²) in [6, 6.07) is 0. The van der Waals surface area contributed by atoms with Crippen molar-refractivity contribution >= 4 is 5.82 Å². The van der Waals surface area contributed by atoms with Crippen molar-refractivity contribution in [3.63, 3.8) is 0 Å². The fourth-order valence-corrected chi connectivity index (χ4v) is 1.67. The van der Waals surface area contributed by atoms with Crippen LogP contribution in [-0.2, 0) is 0 Å². The van der Waals surface area contributed by atoms with Gasteiger partial charge in [0.25, 0.3) is 0 Å². The first-order valence-electron chi connectivity index (χ1n) is 5.43. The molecule has 1 aromatic rings. The van der Waals surface area contributed by atoms with Crippen molar-refractivity contribution in [2.75, 3.05) is 44.6 Å². The second-order valence-corrected chi connectivity index (χ2v) is 3.69. The molecule has 1 saturated heterocycles. The van der Waals surface area contributed by atoms with E-state index in [2.05, 4.69) is 30.7 Å². The molecule has 2 rings (SSSR count). The second kappa shape index (κ2) is 5.57. The van der Waals surface area contributed by atoms with Gasteiger partial charge in [-0.3, -0.25) is 4.90 Å². The molecule has 3 N–H and O–H groups in total. The molecule has 1 fully saturated rings. The van der Waals surface area contributed by atoms with E-state index in [0.29, 0.717) is 5.82 Å². The maximum atomic E-state index is 10.9. The monoisotopic (exact) mass is 224 g/mol. The Morgan fingerprint density at radius 1 is 1.44 bits per heavy atom. The minimum Gasteiger partial charge on any atom is -0.367 e. The van der Waals surface area contributed by atoms with Gasteiger partial charge in [0.2, 0.25) is 0 Å². The lowest BCUT2D eigenvalue weighted by molar-refractivity contribution is 0.249. The van der Waals surface area contributed by atoms with E-state index < -0.39 is 5.69 Å². The highest BCUT2D eigenvalue weighted by Gasteiger charge is 2.08. The Labute approximate surface area is 93.3 Å². The molecule has 0 aromatic carbocycles. The summed E-state index contributed by atoms with van der Waals surface area (Å²) in [4.78, 5) is 17.0. The Kier molecular flexibility index (Phi) is 3.84. The van der Waals surface area contributed by atoms with Crippen molar-refractivity contribution in [3.8, 4) is 0 Å². The molecule has 7 nitrogen and oxygen atoms in total. The summed E-state index contributed by atoms with van der Waals surface area (Å²) in [6.45, 7) is 5.97. The Morgan fingerprint density at radius 3 is 3.00 bits per heavy atom. The minimum absolute atomic E-state index is 0.424. The molecule has 1 aliphatic heterocycles. The van der Waals surface area contributed by atoms with Crippen LogP contribution in [0, 0.1) is 0 Å². The lowest BCUT2D eigenvalue weighted by Crippen LogP contribution is -2.45. The number of anilines is 1. The summed E-state index contributed by atoms with van der Waals surface area (Å²) in [5, 5.41) is 12.3. The van der Waals surface area contributed by atoms with Gasteiger partial charge >= 0.3 is 5.69 Å². The van der Waals surface area contributed by atoms with Gasteiger partial charge in [-0.05, 0) is 0 Å². The van der Waals surface area contributed by atoms with Gasteiger partial charge in [-0.2, -0.15) is 10.1 Å². The molecular formula is C9H16N6O. The Morgan fingerprint density at radius 2 is 2.25 bits per heavy atom. The van der Waals surface area contributed by atoms with E-state index in [1.165, 1.54) is 6.20 Å². The summed E-state index contributed by atoms with van der Waals surface area (Å²) in [5.41, 5.74) is -0.424. The van der Waals surface area contributed by atoms with Crippen LogP contribution >= 0.6 is 0 Å². The predicted molar refractivity (Wildman–Crippen MR) is 60.5 cm³/mol. The molecule has 0 spiro atoms. The molecule has 0 bridgehead atoms. The molecule has 0 radical (unpaired) electrons. The summed E-state index contributed by atoms with van der Waals surface area (Å²) >= 11 is 0. The van der Waals surface area contributed by atoms with E-state index >= 15 is 0 Å². The number of aromatic nitrogens is 3. The van der Waals surface area contributed by atoms with E-state index in [1.54, 1.807) is 0 Å². The number of H-pyrrole nitrogens is 1. The van der Waals surface area contributed by atoms with Crippen LogP contribution in [-0.4, -0.2) is 59.3 Å². The lowest BCUT2D eigenvalue weighted by Gasteiger charge is -2.27. The largest absolute Gasteiger partial charge is 0.367 e. The quantitative estimate of drug-likeness (QED) is 0.576. The van der Waals surface area contributed by atoms with E-state index in [1.807, 2.05) is 0 Å². The number of hydrogen-bond donors (Lipinski definition) is 3. The first-order valence-corrected chi connectivity index (χ1v) is 5.43. The third-order valence-electron chi connectivity index (χ3n) is 2.51. The van der Waals surface area contributed by atoms with Gasteiger partial charge in [0.15, 0.2) is 5.82 Å². The van der Waals surface area contributed by atoms with Crippen molar-refractivity contribution in [1.82, 2.24) is 25.4 Å². The molecule has 7 heteroatoms. The highest BCUT2D eigenvalue weighted by Crippen LogP contribution is 1.95. The lowest BCUT2D eigenvalue weighted by atomic mass is 10.3. The van der Waals surface area contributed by atoms with Crippen LogP contribution in [0.5, 0.6) is 0 Å². The first-order chi connectivity index (χ1) is 7.84. The molecule has 16 heavy (non-hydrogen) atoms. The standard InChI is InChI=1S/C9H16N6O/c16-9-13-8(7-12-14-9)11-3-6-15-4-1-10-2-5-15/h7,10H,1-6H2,(H2,11,13,14,16). The summed E-state index contributed by atoms with van der Waals surface area (Å²) < 4.78 is 0. The first kappa shape index (κ1) is 11.0. The van der Waals surface area contributed by atoms with Crippen LogP contribution in [0.25, 0.3) is 0 Å². The minimum atomic E-state index is -0.424. The molecule has 1 aliphatic rings. The average Bonchev–Trinajstić information content (AvgIpc) is 2.30. The predicted octanol–water partition coefficient (Wildman–Crippen LogP) is -1.52. The number of piperazine rings is 1. The molecule has 1 aromatic heterocycles. The molecule has 0 atom stereocenters. The third-order valence-corrected chi connectivity index (χ3v) is 2.51. The molecule has 0 amide bonds. The van der Waals surface area contributed by atoms with Gasteiger partial charge in [-0.1, -0.05) is 0 Å².